The second-order valence-electron chi connectivity index (χ2n) is 3.67. The number of rotatable bonds is 3. The number of aliphatic hydroxyl groups is 1. The molecule has 16 heavy (non-hydrogen) atoms. The molecule has 1 heterocycles. The third-order valence-corrected chi connectivity index (χ3v) is 3.21. The van der Waals surface area contributed by atoms with Gasteiger partial charge in [-0.05, 0) is 17.7 Å². The van der Waals surface area contributed by atoms with Gasteiger partial charge in [-0.15, -0.1) is 0 Å². The monoisotopic (exact) mass is 284 g/mol. The first-order valence-electron chi connectivity index (χ1n) is 5.13. The number of aliphatic hydroxyl groups excluding tert-OH is 1. The summed E-state index contributed by atoms with van der Waals surface area (Å²) in [6.07, 6.45) is 0. The molecule has 0 saturated carbocycles. The zero-order valence-electron chi connectivity index (χ0n) is 8.69. The molecule has 2 rings (SSSR count). The quantitative estimate of drug-likeness (QED) is 0.884. The Labute approximate surface area is 102 Å². The summed E-state index contributed by atoms with van der Waals surface area (Å²) >= 11 is 3.38. The summed E-state index contributed by atoms with van der Waals surface area (Å²) in [6, 6.07) is 7.79. The fourth-order valence-electron chi connectivity index (χ4n) is 1.89. The number of hydrogen-bond donors (Lipinski definition) is 2. The molecule has 4 nitrogen and oxygen atoms in total. The standard InChI is InChI=1S/C11H13BrN2O2/c12-9-3-1-8(2-4-9)10-7-13-11(16)14(10)5-6-15/h1-4,10,15H,5-7H2,(H,13,16). The van der Waals surface area contributed by atoms with Gasteiger partial charge in [-0.2, -0.15) is 0 Å². The molecule has 1 aliphatic rings. The van der Waals surface area contributed by atoms with Crippen LogP contribution in [0.2, 0.25) is 0 Å². The first kappa shape index (κ1) is 11.4. The van der Waals surface area contributed by atoms with E-state index in [2.05, 4.69) is 21.2 Å². The minimum Gasteiger partial charge on any atom is -0.395 e. The summed E-state index contributed by atoms with van der Waals surface area (Å²) in [5, 5.41) is 11.7. The van der Waals surface area contributed by atoms with E-state index in [1.165, 1.54) is 0 Å². The predicted molar refractivity (Wildman–Crippen MR) is 64.1 cm³/mol. The summed E-state index contributed by atoms with van der Waals surface area (Å²) in [5.41, 5.74) is 1.08. The Kier molecular flexibility index (Phi) is 3.46. The van der Waals surface area contributed by atoms with Crippen LogP contribution in [0.5, 0.6) is 0 Å². The molecule has 0 aromatic heterocycles. The van der Waals surface area contributed by atoms with Crippen molar-refractivity contribution in [3.63, 3.8) is 0 Å². The van der Waals surface area contributed by atoms with Crippen LogP contribution in [0.15, 0.2) is 28.7 Å². The zero-order valence-corrected chi connectivity index (χ0v) is 10.3. The van der Waals surface area contributed by atoms with E-state index in [9.17, 15) is 4.79 Å². The largest absolute Gasteiger partial charge is 0.395 e. The average Bonchev–Trinajstić information content (AvgIpc) is 2.63. The smallest absolute Gasteiger partial charge is 0.318 e. The molecule has 0 bridgehead atoms. The van der Waals surface area contributed by atoms with E-state index in [1.807, 2.05) is 24.3 Å². The molecule has 1 aromatic rings. The molecule has 2 amide bonds. The summed E-state index contributed by atoms with van der Waals surface area (Å²) in [6.45, 7) is 0.952. The minimum absolute atomic E-state index is 0.0134. The number of nitrogens with zero attached hydrogens (tertiary/aromatic N) is 1. The number of benzene rings is 1. The molecule has 86 valence electrons. The van der Waals surface area contributed by atoms with Crippen LogP contribution in [0.25, 0.3) is 0 Å². The van der Waals surface area contributed by atoms with Gasteiger partial charge in [0, 0.05) is 17.6 Å². The second-order valence-corrected chi connectivity index (χ2v) is 4.59. The zero-order chi connectivity index (χ0) is 11.5. The Morgan fingerprint density at radius 2 is 2.12 bits per heavy atom. The molecule has 5 heteroatoms. The van der Waals surface area contributed by atoms with Gasteiger partial charge in [0.1, 0.15) is 0 Å². The first-order chi connectivity index (χ1) is 7.72. The second kappa shape index (κ2) is 4.84. The highest BCUT2D eigenvalue weighted by Crippen LogP contribution is 2.25. The van der Waals surface area contributed by atoms with Crippen LogP contribution >= 0.6 is 15.9 Å². The molecule has 2 N–H and O–H groups in total. The van der Waals surface area contributed by atoms with Gasteiger partial charge in [-0.25, -0.2) is 4.79 Å². The van der Waals surface area contributed by atoms with Gasteiger partial charge in [0.2, 0.25) is 0 Å². The van der Waals surface area contributed by atoms with Crippen LogP contribution < -0.4 is 5.32 Å². The molecule has 0 aliphatic carbocycles. The van der Waals surface area contributed by atoms with Crippen molar-refractivity contribution in [1.82, 2.24) is 10.2 Å². The van der Waals surface area contributed by atoms with E-state index in [0.717, 1.165) is 10.0 Å². The Morgan fingerprint density at radius 1 is 1.44 bits per heavy atom. The maximum atomic E-state index is 11.5. The highest BCUT2D eigenvalue weighted by molar-refractivity contribution is 9.10. The molecule has 1 unspecified atom stereocenters. The van der Waals surface area contributed by atoms with Crippen molar-refractivity contribution >= 4 is 22.0 Å². The van der Waals surface area contributed by atoms with Crippen LogP contribution in [0, 0.1) is 0 Å². The maximum Gasteiger partial charge on any atom is 0.318 e. The lowest BCUT2D eigenvalue weighted by Gasteiger charge is -2.22. The van der Waals surface area contributed by atoms with Crippen LogP contribution in [0.1, 0.15) is 11.6 Å². The summed E-state index contributed by atoms with van der Waals surface area (Å²) < 4.78 is 1.02. The van der Waals surface area contributed by atoms with Crippen LogP contribution in [-0.4, -0.2) is 35.7 Å². The van der Waals surface area contributed by atoms with E-state index in [0.29, 0.717) is 13.1 Å². The number of β-amino-alcohol motifs (C(OH)–C–C–N with tert-alkyl or cyclic N) is 1. The molecule has 1 fully saturated rings. The number of amides is 2. The van der Waals surface area contributed by atoms with E-state index in [4.69, 9.17) is 5.11 Å². The van der Waals surface area contributed by atoms with Crippen LogP contribution in [-0.2, 0) is 0 Å². The van der Waals surface area contributed by atoms with Crippen LogP contribution in [0.3, 0.4) is 0 Å². The molecule has 1 atom stereocenters. The Morgan fingerprint density at radius 3 is 2.75 bits per heavy atom. The molecule has 0 radical (unpaired) electrons. The lowest BCUT2D eigenvalue weighted by Crippen LogP contribution is -2.32. The van der Waals surface area contributed by atoms with Crippen molar-refractivity contribution in [3.05, 3.63) is 34.3 Å². The van der Waals surface area contributed by atoms with Gasteiger partial charge in [0.25, 0.3) is 0 Å². The summed E-state index contributed by atoms with van der Waals surface area (Å²) in [7, 11) is 0. The van der Waals surface area contributed by atoms with Crippen molar-refractivity contribution in [2.45, 2.75) is 6.04 Å². The minimum atomic E-state index is -0.109. The molecular formula is C11H13BrN2O2. The third-order valence-electron chi connectivity index (χ3n) is 2.68. The molecule has 1 saturated heterocycles. The molecule has 0 spiro atoms. The van der Waals surface area contributed by atoms with Crippen molar-refractivity contribution in [1.29, 1.82) is 0 Å². The van der Waals surface area contributed by atoms with Crippen LogP contribution in [0.4, 0.5) is 4.79 Å². The normalized spacial score (nSPS) is 20.0. The first-order valence-corrected chi connectivity index (χ1v) is 5.92. The Bertz CT molecular complexity index is 380. The van der Waals surface area contributed by atoms with Gasteiger partial charge in [-0.3, -0.25) is 0 Å². The number of halogens is 1. The number of nitrogens with one attached hydrogen (secondary N) is 1. The van der Waals surface area contributed by atoms with Gasteiger partial charge in [0.15, 0.2) is 0 Å². The predicted octanol–water partition coefficient (Wildman–Crippen LogP) is 1.51. The molecule has 1 aromatic carbocycles. The SMILES string of the molecule is O=C1NCC(c2ccc(Br)cc2)N1CCO. The topological polar surface area (TPSA) is 52.6 Å². The number of carbonyl (C=O) groups excluding carboxylic acids is 1. The van der Waals surface area contributed by atoms with Crippen molar-refractivity contribution in [3.8, 4) is 0 Å². The summed E-state index contributed by atoms with van der Waals surface area (Å²) in [4.78, 5) is 13.2. The van der Waals surface area contributed by atoms with E-state index in [1.54, 1.807) is 4.90 Å². The van der Waals surface area contributed by atoms with Gasteiger partial charge in [0.05, 0.1) is 12.6 Å². The van der Waals surface area contributed by atoms with Crippen molar-refractivity contribution in [2.24, 2.45) is 0 Å². The Hall–Kier alpha value is -1.07. The number of carbonyl (C=O) groups is 1. The van der Waals surface area contributed by atoms with Gasteiger partial charge in [-0.1, -0.05) is 28.1 Å². The van der Waals surface area contributed by atoms with E-state index >= 15 is 0 Å². The molecule has 1 aliphatic heterocycles. The van der Waals surface area contributed by atoms with Gasteiger partial charge < -0.3 is 15.3 Å². The fraction of sp³-hybridized carbons (Fsp3) is 0.364. The highest BCUT2D eigenvalue weighted by Gasteiger charge is 2.30. The molecular weight excluding hydrogens is 272 g/mol. The Balaban J connectivity index is 2.19. The lowest BCUT2D eigenvalue weighted by atomic mass is 10.1. The fourth-order valence-corrected chi connectivity index (χ4v) is 2.15. The van der Waals surface area contributed by atoms with E-state index in [-0.39, 0.29) is 18.7 Å². The van der Waals surface area contributed by atoms with Gasteiger partial charge >= 0.3 is 6.03 Å². The number of urea groups is 1. The maximum absolute atomic E-state index is 11.5. The highest BCUT2D eigenvalue weighted by atomic mass is 79.9. The van der Waals surface area contributed by atoms with E-state index < -0.39 is 0 Å². The third kappa shape index (κ3) is 2.20. The summed E-state index contributed by atoms with van der Waals surface area (Å²) in [5.74, 6) is 0. The van der Waals surface area contributed by atoms with Crippen molar-refractivity contribution < 1.29 is 9.90 Å². The lowest BCUT2D eigenvalue weighted by molar-refractivity contribution is 0.179. The number of hydrogen-bond acceptors (Lipinski definition) is 2. The van der Waals surface area contributed by atoms with Crippen molar-refractivity contribution in [2.75, 3.05) is 19.7 Å². The average molecular weight is 285 g/mol.